The van der Waals surface area contributed by atoms with E-state index in [4.69, 9.17) is 4.74 Å². The molecule has 2 aliphatic heterocycles. The molecule has 140 valence electrons. The van der Waals surface area contributed by atoms with Crippen molar-refractivity contribution < 1.29 is 4.74 Å². The lowest BCUT2D eigenvalue weighted by atomic mass is 9.99. The van der Waals surface area contributed by atoms with Crippen LogP contribution in [0.4, 0.5) is 0 Å². The highest BCUT2D eigenvalue weighted by molar-refractivity contribution is 5.79. The van der Waals surface area contributed by atoms with E-state index in [1.165, 1.54) is 25.9 Å². The molecule has 0 radical (unpaired) electrons. The Morgan fingerprint density at radius 3 is 2.71 bits per heavy atom. The maximum Gasteiger partial charge on any atom is 0.191 e. The molecule has 2 unspecified atom stereocenters. The van der Waals surface area contributed by atoms with Gasteiger partial charge in [-0.3, -0.25) is 9.89 Å². The summed E-state index contributed by atoms with van der Waals surface area (Å²) >= 11 is 0. The molecule has 0 spiro atoms. The Morgan fingerprint density at radius 2 is 2.00 bits per heavy atom. The number of piperidine rings is 1. The zero-order chi connectivity index (χ0) is 17.4. The van der Waals surface area contributed by atoms with Crippen LogP contribution in [-0.2, 0) is 4.74 Å². The summed E-state index contributed by atoms with van der Waals surface area (Å²) in [5.41, 5.74) is 0. The first-order valence-corrected chi connectivity index (χ1v) is 9.53. The molecule has 6 heteroatoms. The minimum absolute atomic E-state index is 0.247. The van der Waals surface area contributed by atoms with E-state index in [1.807, 2.05) is 7.05 Å². The SMILES string of the molecule is CN=C(NCC1CCCN(C)C1)NCC1CN(CC(C)C)CCO1. The topological polar surface area (TPSA) is 52.1 Å². The Labute approximate surface area is 148 Å². The molecule has 2 rings (SSSR count). The Morgan fingerprint density at radius 1 is 1.21 bits per heavy atom. The first-order valence-electron chi connectivity index (χ1n) is 9.53. The molecule has 2 N–H and O–H groups in total. The van der Waals surface area contributed by atoms with Gasteiger partial charge >= 0.3 is 0 Å². The second kappa shape index (κ2) is 10.2. The van der Waals surface area contributed by atoms with E-state index in [0.29, 0.717) is 5.92 Å². The predicted octanol–water partition coefficient (Wildman–Crippen LogP) is 0.850. The third-order valence-electron chi connectivity index (χ3n) is 4.85. The summed E-state index contributed by atoms with van der Waals surface area (Å²) in [6.45, 7) is 12.8. The molecule has 0 aromatic carbocycles. The fourth-order valence-corrected chi connectivity index (χ4v) is 3.70. The van der Waals surface area contributed by atoms with Gasteiger partial charge in [0, 0.05) is 46.3 Å². The van der Waals surface area contributed by atoms with E-state index in [0.717, 1.165) is 51.2 Å². The third-order valence-corrected chi connectivity index (χ3v) is 4.85. The molecule has 0 aromatic rings. The van der Waals surface area contributed by atoms with E-state index in [-0.39, 0.29) is 6.10 Å². The molecule has 2 heterocycles. The molecule has 0 bridgehead atoms. The molecule has 24 heavy (non-hydrogen) atoms. The number of ether oxygens (including phenoxy) is 1. The maximum atomic E-state index is 5.90. The lowest BCUT2D eigenvalue weighted by molar-refractivity contribution is -0.0284. The molecule has 2 atom stereocenters. The van der Waals surface area contributed by atoms with Crippen LogP contribution in [-0.4, -0.2) is 88.4 Å². The molecule has 0 saturated carbocycles. The van der Waals surface area contributed by atoms with E-state index < -0.39 is 0 Å². The molecule has 2 saturated heterocycles. The van der Waals surface area contributed by atoms with Crippen molar-refractivity contribution in [2.45, 2.75) is 32.8 Å². The van der Waals surface area contributed by atoms with Crippen LogP contribution in [0.1, 0.15) is 26.7 Å². The van der Waals surface area contributed by atoms with Crippen molar-refractivity contribution >= 4 is 5.96 Å². The largest absolute Gasteiger partial charge is 0.374 e. The van der Waals surface area contributed by atoms with Crippen LogP contribution in [0.5, 0.6) is 0 Å². The van der Waals surface area contributed by atoms with E-state index >= 15 is 0 Å². The number of hydrogen-bond donors (Lipinski definition) is 2. The van der Waals surface area contributed by atoms with Crippen molar-refractivity contribution in [3.05, 3.63) is 0 Å². The monoisotopic (exact) mass is 339 g/mol. The van der Waals surface area contributed by atoms with Gasteiger partial charge in [0.05, 0.1) is 12.7 Å². The average molecular weight is 340 g/mol. The van der Waals surface area contributed by atoms with E-state index in [1.54, 1.807) is 0 Å². The summed E-state index contributed by atoms with van der Waals surface area (Å²) < 4.78 is 5.90. The summed E-state index contributed by atoms with van der Waals surface area (Å²) in [6, 6.07) is 0. The molecular weight excluding hydrogens is 302 g/mol. The molecule has 0 amide bonds. The molecule has 2 fully saturated rings. The van der Waals surface area contributed by atoms with Crippen LogP contribution < -0.4 is 10.6 Å². The van der Waals surface area contributed by atoms with Gasteiger partial charge in [0.15, 0.2) is 5.96 Å². The summed E-state index contributed by atoms with van der Waals surface area (Å²) in [4.78, 5) is 9.29. The number of nitrogens with zero attached hydrogens (tertiary/aromatic N) is 3. The Kier molecular flexibility index (Phi) is 8.29. The van der Waals surface area contributed by atoms with Gasteiger partial charge in [-0.25, -0.2) is 0 Å². The van der Waals surface area contributed by atoms with Gasteiger partial charge in [0.1, 0.15) is 0 Å². The van der Waals surface area contributed by atoms with Crippen molar-refractivity contribution in [1.29, 1.82) is 0 Å². The normalized spacial score (nSPS) is 27.5. The van der Waals surface area contributed by atoms with Crippen molar-refractivity contribution in [3.8, 4) is 0 Å². The minimum Gasteiger partial charge on any atom is -0.374 e. The molecular formula is C18H37N5O. The minimum atomic E-state index is 0.247. The van der Waals surface area contributed by atoms with Crippen molar-refractivity contribution in [2.75, 3.05) is 66.5 Å². The van der Waals surface area contributed by atoms with Crippen molar-refractivity contribution in [3.63, 3.8) is 0 Å². The summed E-state index contributed by atoms with van der Waals surface area (Å²) in [7, 11) is 4.05. The number of hydrogen-bond acceptors (Lipinski definition) is 4. The zero-order valence-corrected chi connectivity index (χ0v) is 16.1. The smallest absolute Gasteiger partial charge is 0.191 e. The predicted molar refractivity (Wildman–Crippen MR) is 101 cm³/mol. The maximum absolute atomic E-state index is 5.90. The number of aliphatic imine (C=N–C) groups is 1. The molecule has 6 nitrogen and oxygen atoms in total. The second-order valence-electron chi connectivity index (χ2n) is 7.75. The fourth-order valence-electron chi connectivity index (χ4n) is 3.70. The Balaban J connectivity index is 1.67. The second-order valence-corrected chi connectivity index (χ2v) is 7.75. The first-order chi connectivity index (χ1) is 11.6. The van der Waals surface area contributed by atoms with Crippen LogP contribution in [0, 0.1) is 11.8 Å². The number of morpholine rings is 1. The van der Waals surface area contributed by atoms with Gasteiger partial charge in [0.2, 0.25) is 0 Å². The fraction of sp³-hybridized carbons (Fsp3) is 0.944. The highest BCUT2D eigenvalue weighted by Crippen LogP contribution is 2.13. The summed E-state index contributed by atoms with van der Waals surface area (Å²) in [6.07, 6.45) is 2.86. The van der Waals surface area contributed by atoms with E-state index in [2.05, 4.69) is 46.3 Å². The number of likely N-dealkylation sites (tertiary alicyclic amines) is 1. The lowest BCUT2D eigenvalue weighted by Gasteiger charge is -2.34. The van der Waals surface area contributed by atoms with Crippen LogP contribution in [0.15, 0.2) is 4.99 Å². The van der Waals surface area contributed by atoms with Crippen molar-refractivity contribution in [1.82, 2.24) is 20.4 Å². The van der Waals surface area contributed by atoms with Gasteiger partial charge in [-0.15, -0.1) is 0 Å². The Bertz CT molecular complexity index is 388. The van der Waals surface area contributed by atoms with Gasteiger partial charge in [-0.1, -0.05) is 13.8 Å². The third kappa shape index (κ3) is 6.95. The van der Waals surface area contributed by atoms with Gasteiger partial charge in [-0.2, -0.15) is 0 Å². The van der Waals surface area contributed by atoms with Crippen LogP contribution >= 0.6 is 0 Å². The molecule has 0 aromatic heterocycles. The highest BCUT2D eigenvalue weighted by Gasteiger charge is 2.21. The van der Waals surface area contributed by atoms with Gasteiger partial charge in [0.25, 0.3) is 0 Å². The van der Waals surface area contributed by atoms with Gasteiger partial charge in [-0.05, 0) is 38.3 Å². The summed E-state index contributed by atoms with van der Waals surface area (Å²) in [5.74, 6) is 2.32. The van der Waals surface area contributed by atoms with Crippen LogP contribution in [0.3, 0.4) is 0 Å². The van der Waals surface area contributed by atoms with Crippen LogP contribution in [0.25, 0.3) is 0 Å². The standard InChI is InChI=1S/C18H37N5O/c1-15(2)12-23-8-9-24-17(14-23)11-21-18(19-3)20-10-16-6-5-7-22(4)13-16/h15-17H,5-14H2,1-4H3,(H2,19,20,21). The average Bonchev–Trinajstić information content (AvgIpc) is 2.55. The highest BCUT2D eigenvalue weighted by atomic mass is 16.5. The Hall–Kier alpha value is -0.850. The molecule has 0 aliphatic carbocycles. The number of rotatable bonds is 6. The van der Waals surface area contributed by atoms with Gasteiger partial charge < -0.3 is 20.3 Å². The van der Waals surface area contributed by atoms with Crippen LogP contribution in [0.2, 0.25) is 0 Å². The number of nitrogens with one attached hydrogen (secondary N) is 2. The lowest BCUT2D eigenvalue weighted by Crippen LogP contribution is -2.50. The first kappa shape index (κ1) is 19.5. The zero-order valence-electron chi connectivity index (χ0n) is 16.1. The quantitative estimate of drug-likeness (QED) is 0.555. The number of guanidine groups is 1. The summed E-state index contributed by atoms with van der Waals surface area (Å²) in [5, 5.41) is 6.92. The molecule has 2 aliphatic rings. The van der Waals surface area contributed by atoms with E-state index in [9.17, 15) is 0 Å². The van der Waals surface area contributed by atoms with Crippen molar-refractivity contribution in [2.24, 2.45) is 16.8 Å².